The van der Waals surface area contributed by atoms with Crippen LogP contribution in [0.1, 0.15) is 37.0 Å². The second-order valence-electron chi connectivity index (χ2n) is 7.67. The number of benzene rings is 2. The second kappa shape index (κ2) is 9.75. The zero-order valence-electron chi connectivity index (χ0n) is 17.9. The normalized spacial score (nSPS) is 14.4. The average Bonchev–Trinajstić information content (AvgIpc) is 3.44. The minimum Gasteiger partial charge on any atom is -0.341 e. The molecule has 1 amide bonds. The largest absolute Gasteiger partial charge is 0.341 e. The molecular weight excluding hydrogens is 446 g/mol. The summed E-state index contributed by atoms with van der Waals surface area (Å²) < 4.78 is 1.97. The van der Waals surface area contributed by atoms with Gasteiger partial charge >= 0.3 is 0 Å². The van der Waals surface area contributed by atoms with E-state index in [1.807, 2.05) is 35.8 Å². The van der Waals surface area contributed by atoms with E-state index in [1.165, 1.54) is 18.7 Å². The zero-order chi connectivity index (χ0) is 22.7. The van der Waals surface area contributed by atoms with Crippen molar-refractivity contribution in [2.75, 3.05) is 23.3 Å². The molecule has 32 heavy (non-hydrogen) atoms. The average molecular weight is 470 g/mol. The molecule has 0 spiro atoms. The van der Waals surface area contributed by atoms with Crippen LogP contribution in [0.2, 0.25) is 5.02 Å². The predicted molar refractivity (Wildman–Crippen MR) is 128 cm³/mol. The maximum atomic E-state index is 12.8. The summed E-state index contributed by atoms with van der Waals surface area (Å²) in [4.78, 5) is 26.5. The number of aromatic nitrogens is 3. The fraction of sp³-hybridized carbons (Fsp3) is 0.304. The first-order chi connectivity index (χ1) is 15.4. The minimum absolute atomic E-state index is 0.0130. The summed E-state index contributed by atoms with van der Waals surface area (Å²) in [6.07, 6.45) is 2.23. The Bertz CT molecular complexity index is 1130. The number of carbonyl (C=O) groups is 2. The van der Waals surface area contributed by atoms with Crippen LogP contribution in [0.3, 0.4) is 0 Å². The number of thioether (sulfide) groups is 1. The molecule has 1 aliphatic heterocycles. The maximum absolute atomic E-state index is 12.8. The number of halogens is 1. The number of rotatable bonds is 7. The molecular formula is C23H24ClN5O2S. The Labute approximate surface area is 196 Å². The monoisotopic (exact) mass is 469 g/mol. The van der Waals surface area contributed by atoms with E-state index in [2.05, 4.69) is 20.4 Å². The van der Waals surface area contributed by atoms with Gasteiger partial charge in [-0.25, -0.2) is 0 Å². The lowest BCUT2D eigenvalue weighted by molar-refractivity contribution is -0.115. The van der Waals surface area contributed by atoms with E-state index in [9.17, 15) is 9.59 Å². The van der Waals surface area contributed by atoms with Crippen molar-refractivity contribution in [2.45, 2.75) is 37.1 Å². The van der Waals surface area contributed by atoms with Gasteiger partial charge in [0.05, 0.1) is 10.9 Å². The van der Waals surface area contributed by atoms with Crippen molar-refractivity contribution in [1.29, 1.82) is 0 Å². The first kappa shape index (κ1) is 22.4. The van der Waals surface area contributed by atoms with E-state index in [0.717, 1.165) is 37.6 Å². The smallest absolute Gasteiger partial charge is 0.237 e. The third-order valence-corrected chi connectivity index (χ3v) is 6.56. The lowest BCUT2D eigenvalue weighted by atomic mass is 10.1. The number of ketones is 1. The van der Waals surface area contributed by atoms with Crippen LogP contribution in [-0.2, 0) is 4.79 Å². The predicted octanol–water partition coefficient (Wildman–Crippen LogP) is 4.84. The standard InChI is InChI=1S/C23H24ClN5O2S/c1-15(30)17-8-10-19(11-9-17)25-21(31)16(2)32-23-27-26-22(28-12-3-4-13-28)29(23)20-7-5-6-18(24)14-20/h5-11,14,16H,3-4,12-13H2,1-2H3,(H,25,31). The first-order valence-electron chi connectivity index (χ1n) is 10.5. The van der Waals surface area contributed by atoms with E-state index < -0.39 is 5.25 Å². The summed E-state index contributed by atoms with van der Waals surface area (Å²) in [5, 5.41) is 12.6. The number of hydrogen-bond donors (Lipinski definition) is 1. The highest BCUT2D eigenvalue weighted by Crippen LogP contribution is 2.31. The van der Waals surface area contributed by atoms with Gasteiger partial charge in [0.2, 0.25) is 11.9 Å². The number of hydrogen-bond acceptors (Lipinski definition) is 6. The van der Waals surface area contributed by atoms with Gasteiger partial charge in [0.15, 0.2) is 10.9 Å². The highest BCUT2D eigenvalue weighted by Gasteiger charge is 2.25. The van der Waals surface area contributed by atoms with Crippen LogP contribution < -0.4 is 10.2 Å². The molecule has 2 heterocycles. The highest BCUT2D eigenvalue weighted by atomic mass is 35.5. The molecule has 0 saturated carbocycles. The molecule has 1 atom stereocenters. The molecule has 166 valence electrons. The Morgan fingerprint density at radius 3 is 2.47 bits per heavy atom. The SMILES string of the molecule is CC(=O)c1ccc(NC(=O)C(C)Sc2nnc(N3CCCC3)n2-c2cccc(Cl)c2)cc1. The number of anilines is 2. The zero-order valence-corrected chi connectivity index (χ0v) is 19.5. The molecule has 3 aromatic rings. The Balaban J connectivity index is 1.55. The number of nitrogens with one attached hydrogen (secondary N) is 1. The fourth-order valence-electron chi connectivity index (χ4n) is 3.55. The summed E-state index contributed by atoms with van der Waals surface area (Å²) in [6, 6.07) is 14.4. The number of amides is 1. The van der Waals surface area contributed by atoms with Gasteiger partial charge < -0.3 is 10.2 Å². The third kappa shape index (κ3) is 4.97. The van der Waals surface area contributed by atoms with Crippen molar-refractivity contribution in [3.8, 4) is 5.69 Å². The lowest BCUT2D eigenvalue weighted by Crippen LogP contribution is -2.24. The van der Waals surface area contributed by atoms with Gasteiger partial charge in [0.25, 0.3) is 0 Å². The Morgan fingerprint density at radius 2 is 1.81 bits per heavy atom. The van der Waals surface area contributed by atoms with Crippen LogP contribution in [-0.4, -0.2) is 44.8 Å². The van der Waals surface area contributed by atoms with Crippen LogP contribution in [0.5, 0.6) is 0 Å². The molecule has 1 aromatic heterocycles. The summed E-state index contributed by atoms with van der Waals surface area (Å²) in [5.41, 5.74) is 2.11. The first-order valence-corrected chi connectivity index (χ1v) is 11.7. The van der Waals surface area contributed by atoms with Crippen LogP contribution in [0.4, 0.5) is 11.6 Å². The Hall–Kier alpha value is -2.84. The van der Waals surface area contributed by atoms with Crippen molar-refractivity contribution in [3.05, 3.63) is 59.1 Å². The molecule has 1 saturated heterocycles. The van der Waals surface area contributed by atoms with Crippen LogP contribution in [0, 0.1) is 0 Å². The maximum Gasteiger partial charge on any atom is 0.237 e. The van der Waals surface area contributed by atoms with Gasteiger partial charge in [0, 0.05) is 29.4 Å². The summed E-state index contributed by atoms with van der Waals surface area (Å²) in [6.45, 7) is 5.19. The van der Waals surface area contributed by atoms with Crippen molar-refractivity contribution in [2.24, 2.45) is 0 Å². The van der Waals surface area contributed by atoms with Crippen molar-refractivity contribution < 1.29 is 9.59 Å². The summed E-state index contributed by atoms with van der Waals surface area (Å²) in [5.74, 6) is 0.592. The molecule has 1 fully saturated rings. The topological polar surface area (TPSA) is 80.1 Å². The quantitative estimate of drug-likeness (QED) is 0.394. The summed E-state index contributed by atoms with van der Waals surface area (Å²) >= 11 is 7.58. The third-order valence-electron chi connectivity index (χ3n) is 5.28. The molecule has 0 aliphatic carbocycles. The lowest BCUT2D eigenvalue weighted by Gasteiger charge is -2.19. The Morgan fingerprint density at radius 1 is 1.09 bits per heavy atom. The van der Waals surface area contributed by atoms with Crippen LogP contribution >= 0.6 is 23.4 Å². The molecule has 1 N–H and O–H groups in total. The van der Waals surface area contributed by atoms with E-state index in [0.29, 0.717) is 21.4 Å². The molecule has 1 unspecified atom stereocenters. The van der Waals surface area contributed by atoms with Crippen molar-refractivity contribution in [3.63, 3.8) is 0 Å². The van der Waals surface area contributed by atoms with E-state index >= 15 is 0 Å². The molecule has 9 heteroatoms. The van der Waals surface area contributed by atoms with Gasteiger partial charge in [-0.15, -0.1) is 10.2 Å². The second-order valence-corrected chi connectivity index (χ2v) is 9.42. The molecule has 1 aliphatic rings. The van der Waals surface area contributed by atoms with E-state index in [-0.39, 0.29) is 11.7 Å². The number of carbonyl (C=O) groups excluding carboxylic acids is 2. The molecule has 7 nitrogen and oxygen atoms in total. The van der Waals surface area contributed by atoms with E-state index in [4.69, 9.17) is 11.6 Å². The van der Waals surface area contributed by atoms with E-state index in [1.54, 1.807) is 24.3 Å². The van der Waals surface area contributed by atoms with Gasteiger partial charge in [-0.1, -0.05) is 29.4 Å². The van der Waals surface area contributed by atoms with Crippen molar-refractivity contribution >= 4 is 46.7 Å². The molecule has 0 radical (unpaired) electrons. The van der Waals surface area contributed by atoms with Crippen molar-refractivity contribution in [1.82, 2.24) is 14.8 Å². The van der Waals surface area contributed by atoms with Crippen LogP contribution in [0.15, 0.2) is 53.7 Å². The molecule has 4 rings (SSSR count). The summed E-state index contributed by atoms with van der Waals surface area (Å²) in [7, 11) is 0. The highest BCUT2D eigenvalue weighted by molar-refractivity contribution is 8.00. The van der Waals surface area contributed by atoms with Gasteiger partial charge in [-0.2, -0.15) is 0 Å². The van der Waals surface area contributed by atoms with Gasteiger partial charge in [-0.3, -0.25) is 14.2 Å². The van der Waals surface area contributed by atoms with Crippen LogP contribution in [0.25, 0.3) is 5.69 Å². The van der Waals surface area contributed by atoms with Gasteiger partial charge in [0.1, 0.15) is 0 Å². The minimum atomic E-state index is -0.420. The molecule has 0 bridgehead atoms. The van der Waals surface area contributed by atoms with Gasteiger partial charge in [-0.05, 0) is 69.2 Å². The fourth-order valence-corrected chi connectivity index (χ4v) is 4.59. The molecule has 2 aromatic carbocycles. The Kier molecular flexibility index (Phi) is 6.81. The number of Topliss-reactive ketones (excluding diaryl/α,β-unsaturated/α-hetero) is 1. The number of nitrogens with zero attached hydrogens (tertiary/aromatic N) is 4.